The quantitative estimate of drug-likeness (QED) is 0.753. The Kier molecular flexibility index (Phi) is 5.08. The van der Waals surface area contributed by atoms with E-state index in [9.17, 15) is 4.79 Å². The van der Waals surface area contributed by atoms with Crippen molar-refractivity contribution in [1.29, 1.82) is 0 Å². The molecule has 0 radical (unpaired) electrons. The highest BCUT2D eigenvalue weighted by molar-refractivity contribution is 6.42. The van der Waals surface area contributed by atoms with Crippen LogP contribution in [0.2, 0.25) is 10.0 Å². The van der Waals surface area contributed by atoms with Gasteiger partial charge in [0.2, 0.25) is 0 Å². The van der Waals surface area contributed by atoms with E-state index in [1.807, 2.05) is 24.3 Å². The van der Waals surface area contributed by atoms with E-state index in [2.05, 4.69) is 15.3 Å². The van der Waals surface area contributed by atoms with E-state index in [4.69, 9.17) is 23.2 Å². The number of nitrogens with zero attached hydrogens (tertiary/aromatic N) is 2. The summed E-state index contributed by atoms with van der Waals surface area (Å²) in [5, 5.41) is 3.63. The largest absolute Gasteiger partial charge is 0.348 e. The van der Waals surface area contributed by atoms with Crippen LogP contribution in [0.25, 0.3) is 11.3 Å². The van der Waals surface area contributed by atoms with Crippen LogP contribution in [-0.2, 0) is 6.54 Å². The molecule has 0 spiro atoms. The van der Waals surface area contributed by atoms with Gasteiger partial charge in [0.15, 0.2) is 0 Å². The number of nitrogens with one attached hydrogen (secondary N) is 1. The van der Waals surface area contributed by atoms with Crippen LogP contribution in [0.15, 0.2) is 61.1 Å². The van der Waals surface area contributed by atoms with Crippen molar-refractivity contribution in [3.8, 4) is 11.3 Å². The second kappa shape index (κ2) is 7.43. The van der Waals surface area contributed by atoms with Gasteiger partial charge in [-0.05, 0) is 48.0 Å². The Balaban J connectivity index is 1.70. The summed E-state index contributed by atoms with van der Waals surface area (Å²) < 4.78 is 0. The summed E-state index contributed by atoms with van der Waals surface area (Å²) in [6.45, 7) is 0.384. The smallest absolute Gasteiger partial charge is 0.251 e. The van der Waals surface area contributed by atoms with E-state index in [-0.39, 0.29) is 5.91 Å². The van der Waals surface area contributed by atoms with Crippen molar-refractivity contribution in [2.75, 3.05) is 0 Å². The highest BCUT2D eigenvalue weighted by atomic mass is 35.5. The fraction of sp³-hybridized carbons (Fsp3) is 0.0556. The van der Waals surface area contributed by atoms with E-state index in [0.717, 1.165) is 16.8 Å². The Labute approximate surface area is 149 Å². The molecule has 0 aliphatic heterocycles. The Hall–Kier alpha value is -2.43. The highest BCUT2D eigenvalue weighted by Gasteiger charge is 2.08. The Morgan fingerprint density at radius 1 is 1.04 bits per heavy atom. The molecule has 0 saturated carbocycles. The molecule has 0 saturated heterocycles. The third-order valence-corrected chi connectivity index (χ3v) is 4.16. The van der Waals surface area contributed by atoms with Crippen LogP contribution < -0.4 is 5.32 Å². The Morgan fingerprint density at radius 3 is 2.67 bits per heavy atom. The summed E-state index contributed by atoms with van der Waals surface area (Å²) in [6.07, 6.45) is 5.17. The topological polar surface area (TPSA) is 54.9 Å². The third-order valence-electron chi connectivity index (χ3n) is 3.42. The van der Waals surface area contributed by atoms with Crippen molar-refractivity contribution in [3.05, 3.63) is 82.2 Å². The lowest BCUT2D eigenvalue weighted by molar-refractivity contribution is 0.0951. The van der Waals surface area contributed by atoms with Gasteiger partial charge in [-0.2, -0.15) is 0 Å². The first-order valence-electron chi connectivity index (χ1n) is 7.22. The molecule has 1 amide bonds. The van der Waals surface area contributed by atoms with Crippen LogP contribution >= 0.6 is 23.2 Å². The van der Waals surface area contributed by atoms with Gasteiger partial charge >= 0.3 is 0 Å². The zero-order valence-electron chi connectivity index (χ0n) is 12.5. The molecule has 2 aromatic heterocycles. The first kappa shape index (κ1) is 16.4. The van der Waals surface area contributed by atoms with E-state index in [0.29, 0.717) is 22.2 Å². The van der Waals surface area contributed by atoms with Gasteiger partial charge in [0, 0.05) is 36.3 Å². The van der Waals surface area contributed by atoms with Crippen molar-refractivity contribution in [2.45, 2.75) is 6.54 Å². The molecule has 6 heteroatoms. The van der Waals surface area contributed by atoms with Gasteiger partial charge < -0.3 is 5.32 Å². The molecule has 0 bridgehead atoms. The van der Waals surface area contributed by atoms with Gasteiger partial charge in [-0.1, -0.05) is 23.2 Å². The number of aromatic nitrogens is 2. The number of pyridine rings is 2. The van der Waals surface area contributed by atoms with Crippen molar-refractivity contribution in [3.63, 3.8) is 0 Å². The second-order valence-corrected chi connectivity index (χ2v) is 5.92. The fourth-order valence-corrected chi connectivity index (χ4v) is 2.48. The van der Waals surface area contributed by atoms with Crippen molar-refractivity contribution < 1.29 is 4.79 Å². The molecule has 3 aromatic rings. The first-order valence-corrected chi connectivity index (χ1v) is 7.97. The van der Waals surface area contributed by atoms with Crippen LogP contribution in [0.5, 0.6) is 0 Å². The molecular weight excluding hydrogens is 345 g/mol. The lowest BCUT2D eigenvalue weighted by atomic mass is 10.1. The molecular formula is C18H13Cl2N3O. The number of halogens is 2. The number of hydrogen-bond donors (Lipinski definition) is 1. The van der Waals surface area contributed by atoms with Crippen LogP contribution in [0.1, 0.15) is 15.9 Å². The molecule has 2 heterocycles. The first-order chi connectivity index (χ1) is 11.6. The van der Waals surface area contributed by atoms with Gasteiger partial charge in [-0.3, -0.25) is 14.8 Å². The average molecular weight is 358 g/mol. The van der Waals surface area contributed by atoms with Gasteiger partial charge in [0.1, 0.15) is 0 Å². The van der Waals surface area contributed by atoms with Crippen molar-refractivity contribution >= 4 is 29.1 Å². The maximum atomic E-state index is 12.2. The number of amides is 1. The predicted molar refractivity (Wildman–Crippen MR) is 95.1 cm³/mol. The van der Waals surface area contributed by atoms with Gasteiger partial charge in [0.25, 0.3) is 5.91 Å². The maximum absolute atomic E-state index is 12.2. The summed E-state index contributed by atoms with van der Waals surface area (Å²) >= 11 is 11.8. The Bertz CT molecular complexity index is 869. The molecule has 0 unspecified atom stereocenters. The van der Waals surface area contributed by atoms with Crippen LogP contribution in [0, 0.1) is 0 Å². The maximum Gasteiger partial charge on any atom is 0.251 e. The Morgan fingerprint density at radius 2 is 1.92 bits per heavy atom. The number of benzene rings is 1. The van der Waals surface area contributed by atoms with E-state index in [1.165, 1.54) is 0 Å². The number of rotatable bonds is 4. The van der Waals surface area contributed by atoms with Gasteiger partial charge in [0.05, 0.1) is 15.7 Å². The minimum Gasteiger partial charge on any atom is -0.348 e. The molecule has 0 atom stereocenters. The molecule has 120 valence electrons. The van der Waals surface area contributed by atoms with E-state index >= 15 is 0 Å². The monoisotopic (exact) mass is 357 g/mol. The third kappa shape index (κ3) is 3.91. The summed E-state index contributed by atoms with van der Waals surface area (Å²) in [5.41, 5.74) is 3.14. The average Bonchev–Trinajstić information content (AvgIpc) is 2.63. The number of carbonyl (C=O) groups is 1. The lowest BCUT2D eigenvalue weighted by Gasteiger charge is -2.08. The molecule has 4 nitrogen and oxygen atoms in total. The minimum atomic E-state index is -0.215. The number of carbonyl (C=O) groups excluding carboxylic acids is 1. The zero-order valence-corrected chi connectivity index (χ0v) is 14.1. The molecule has 0 fully saturated rings. The van der Waals surface area contributed by atoms with Crippen LogP contribution in [-0.4, -0.2) is 15.9 Å². The summed E-state index contributed by atoms with van der Waals surface area (Å²) in [7, 11) is 0. The highest BCUT2D eigenvalue weighted by Crippen LogP contribution is 2.22. The summed E-state index contributed by atoms with van der Waals surface area (Å²) in [6, 6.07) is 12.4. The normalized spacial score (nSPS) is 10.4. The van der Waals surface area contributed by atoms with Gasteiger partial charge in [-0.25, -0.2) is 0 Å². The van der Waals surface area contributed by atoms with E-state index in [1.54, 1.807) is 36.8 Å². The lowest BCUT2D eigenvalue weighted by Crippen LogP contribution is -2.22. The van der Waals surface area contributed by atoms with E-state index < -0.39 is 0 Å². The molecule has 0 aliphatic carbocycles. The molecule has 1 aromatic carbocycles. The van der Waals surface area contributed by atoms with Crippen LogP contribution in [0.3, 0.4) is 0 Å². The molecule has 1 N–H and O–H groups in total. The zero-order chi connectivity index (χ0) is 16.9. The molecule has 0 aliphatic rings. The summed E-state index contributed by atoms with van der Waals surface area (Å²) in [4.78, 5) is 20.6. The standard InChI is InChI=1S/C18H13Cl2N3O/c19-15-4-3-13(9-16(15)20)18(24)23-10-12-5-7-22-17(8-12)14-2-1-6-21-11-14/h1-9,11H,10H2,(H,23,24). The minimum absolute atomic E-state index is 0.215. The molecule has 24 heavy (non-hydrogen) atoms. The molecule has 3 rings (SSSR count). The second-order valence-electron chi connectivity index (χ2n) is 5.10. The van der Waals surface area contributed by atoms with Crippen LogP contribution in [0.4, 0.5) is 0 Å². The van der Waals surface area contributed by atoms with Gasteiger partial charge in [-0.15, -0.1) is 0 Å². The number of hydrogen-bond acceptors (Lipinski definition) is 3. The van der Waals surface area contributed by atoms with Crippen molar-refractivity contribution in [2.24, 2.45) is 0 Å². The SMILES string of the molecule is O=C(NCc1ccnc(-c2cccnc2)c1)c1ccc(Cl)c(Cl)c1. The summed E-state index contributed by atoms with van der Waals surface area (Å²) in [5.74, 6) is -0.215. The predicted octanol–water partition coefficient (Wildman–Crippen LogP) is 4.38. The fourth-order valence-electron chi connectivity index (χ4n) is 2.18. The van der Waals surface area contributed by atoms with Crippen molar-refractivity contribution in [1.82, 2.24) is 15.3 Å².